The summed E-state index contributed by atoms with van der Waals surface area (Å²) in [5.74, 6) is 0. The van der Waals surface area contributed by atoms with Gasteiger partial charge in [0.1, 0.15) is 11.0 Å². The number of aliphatic imine (C=N–C) groups is 1. The number of hydrogen-bond donors (Lipinski definition) is 1. The Morgan fingerprint density at radius 1 is 0.533 bits per heavy atom. The Bertz CT molecular complexity index is 2840. The van der Waals surface area contributed by atoms with E-state index in [1.165, 1.54) is 16.9 Å². The van der Waals surface area contributed by atoms with Crippen LogP contribution in [0, 0.1) is 10.1 Å². The zero-order chi connectivity index (χ0) is 41.0. The molecule has 0 aliphatic heterocycles. The SMILES string of the molecule is C=Nc1c(NC)c(-c2ccc(N(c3ccccc3)c3ccccc3)cc2)c2nn(-c3ccc([N+](=O)[O-])cc3)nc2c1-c1ccc(N(c2ccccc2)c2ccccc2)cc1. The van der Waals surface area contributed by atoms with Crippen molar-refractivity contribution in [2.75, 3.05) is 22.2 Å². The number of anilines is 7. The van der Waals surface area contributed by atoms with Crippen LogP contribution in [0.15, 0.2) is 199 Å². The maximum Gasteiger partial charge on any atom is 0.269 e. The first-order valence-corrected chi connectivity index (χ1v) is 19.4. The van der Waals surface area contributed by atoms with Crippen LogP contribution in [-0.2, 0) is 0 Å². The van der Waals surface area contributed by atoms with Crippen LogP contribution < -0.4 is 15.1 Å². The van der Waals surface area contributed by atoms with Gasteiger partial charge >= 0.3 is 0 Å². The van der Waals surface area contributed by atoms with Crippen LogP contribution in [0.2, 0.25) is 0 Å². The summed E-state index contributed by atoms with van der Waals surface area (Å²) in [6, 6.07) is 63.9. The molecule has 0 aliphatic carbocycles. The Hall–Kier alpha value is -8.37. The molecule has 0 bridgehead atoms. The molecule has 1 aromatic heterocycles. The summed E-state index contributed by atoms with van der Waals surface area (Å²) in [4.78, 5) is 21.7. The summed E-state index contributed by atoms with van der Waals surface area (Å²) >= 11 is 0. The molecule has 9 aromatic rings. The van der Waals surface area contributed by atoms with Crippen molar-refractivity contribution in [3.05, 3.63) is 204 Å². The van der Waals surface area contributed by atoms with Gasteiger partial charge in [-0.25, -0.2) is 0 Å². The molecule has 0 spiro atoms. The molecule has 0 amide bonds. The fourth-order valence-electron chi connectivity index (χ4n) is 7.65. The average molecular weight is 783 g/mol. The standard InChI is InChI=1S/C50H38N8O2/c1-51-47-45(35-23-27-41(28-24-35)55(37-15-7-3-8-16-37)38-17-9-4-10-18-38)49-50(54-57(53-49)43-31-33-44(34-32-43)58(59)60)46(48(47)52-2)36-25-29-42(30-26-36)56(39-19-11-5-12-20-39)40-21-13-6-14-22-40/h3-34,52H,1H2,2H3. The molecule has 0 aliphatic rings. The average Bonchev–Trinajstić information content (AvgIpc) is 3.75. The number of hydrogen-bond acceptors (Lipinski definition) is 8. The third kappa shape index (κ3) is 6.98. The number of aromatic nitrogens is 3. The van der Waals surface area contributed by atoms with Crippen LogP contribution in [0.25, 0.3) is 39.0 Å². The van der Waals surface area contributed by atoms with Crippen molar-refractivity contribution < 1.29 is 4.92 Å². The van der Waals surface area contributed by atoms with E-state index < -0.39 is 4.92 Å². The van der Waals surface area contributed by atoms with Crippen molar-refractivity contribution in [1.29, 1.82) is 0 Å². The van der Waals surface area contributed by atoms with Crippen molar-refractivity contribution in [1.82, 2.24) is 15.0 Å². The Morgan fingerprint density at radius 2 is 0.900 bits per heavy atom. The molecule has 10 heteroatoms. The van der Waals surface area contributed by atoms with Gasteiger partial charge < -0.3 is 15.1 Å². The monoisotopic (exact) mass is 782 g/mol. The largest absolute Gasteiger partial charge is 0.386 e. The molecule has 10 nitrogen and oxygen atoms in total. The second-order valence-electron chi connectivity index (χ2n) is 13.9. The van der Waals surface area contributed by atoms with Gasteiger partial charge in [-0.05, 0) is 103 Å². The smallest absolute Gasteiger partial charge is 0.269 e. The van der Waals surface area contributed by atoms with Crippen LogP contribution in [0.4, 0.5) is 51.2 Å². The van der Waals surface area contributed by atoms with Crippen LogP contribution in [0.1, 0.15) is 0 Å². The normalized spacial score (nSPS) is 10.9. The predicted octanol–water partition coefficient (Wildman–Crippen LogP) is 13.0. The van der Waals surface area contributed by atoms with E-state index in [4.69, 9.17) is 10.2 Å². The fourth-order valence-corrected chi connectivity index (χ4v) is 7.65. The molecule has 0 fully saturated rings. The van der Waals surface area contributed by atoms with E-state index >= 15 is 0 Å². The third-order valence-corrected chi connectivity index (χ3v) is 10.4. The molecule has 60 heavy (non-hydrogen) atoms. The van der Waals surface area contributed by atoms with Crippen LogP contribution >= 0.6 is 0 Å². The van der Waals surface area contributed by atoms with E-state index in [1.807, 2.05) is 79.8 Å². The molecule has 0 saturated carbocycles. The molecule has 0 atom stereocenters. The number of non-ortho nitro benzene ring substituents is 1. The maximum absolute atomic E-state index is 11.5. The minimum absolute atomic E-state index is 0.0206. The van der Waals surface area contributed by atoms with E-state index in [1.54, 1.807) is 12.1 Å². The summed E-state index contributed by atoms with van der Waals surface area (Å²) in [6.45, 7) is 4.06. The lowest BCUT2D eigenvalue weighted by molar-refractivity contribution is -0.384. The van der Waals surface area contributed by atoms with E-state index in [9.17, 15) is 10.1 Å². The second kappa shape index (κ2) is 16.2. The number of para-hydroxylation sites is 4. The Morgan fingerprint density at radius 3 is 1.27 bits per heavy atom. The molecule has 1 N–H and O–H groups in total. The topological polar surface area (TPSA) is 105 Å². The molecular formula is C50H38N8O2. The number of nitro groups is 1. The van der Waals surface area contributed by atoms with E-state index in [0.717, 1.165) is 62.1 Å². The van der Waals surface area contributed by atoms with E-state index in [0.29, 0.717) is 22.4 Å². The second-order valence-corrected chi connectivity index (χ2v) is 13.9. The van der Waals surface area contributed by atoms with Gasteiger partial charge in [-0.1, -0.05) is 97.1 Å². The highest BCUT2D eigenvalue weighted by molar-refractivity contribution is 6.13. The summed E-state index contributed by atoms with van der Waals surface area (Å²) in [5, 5.41) is 25.1. The maximum atomic E-state index is 11.5. The van der Waals surface area contributed by atoms with Gasteiger partial charge in [-0.2, -0.15) is 4.80 Å². The van der Waals surface area contributed by atoms with Gasteiger partial charge in [0.2, 0.25) is 0 Å². The van der Waals surface area contributed by atoms with Crippen molar-refractivity contribution in [2.45, 2.75) is 0 Å². The molecular weight excluding hydrogens is 745 g/mol. The Kier molecular flexibility index (Phi) is 10.1. The third-order valence-electron chi connectivity index (χ3n) is 10.4. The summed E-state index contributed by atoms with van der Waals surface area (Å²) in [6.07, 6.45) is 0. The molecule has 0 radical (unpaired) electrons. The van der Waals surface area contributed by atoms with Crippen molar-refractivity contribution in [3.63, 3.8) is 0 Å². The van der Waals surface area contributed by atoms with Gasteiger partial charge in [0, 0.05) is 64.4 Å². The zero-order valence-electron chi connectivity index (χ0n) is 32.6. The van der Waals surface area contributed by atoms with E-state index in [-0.39, 0.29) is 5.69 Å². The first-order valence-electron chi connectivity index (χ1n) is 19.4. The van der Waals surface area contributed by atoms with Crippen LogP contribution in [0.3, 0.4) is 0 Å². The lowest BCUT2D eigenvalue weighted by Gasteiger charge is -2.26. The highest BCUT2D eigenvalue weighted by Crippen LogP contribution is 2.49. The number of nitrogens with one attached hydrogen (secondary N) is 1. The molecule has 9 rings (SSSR count). The van der Waals surface area contributed by atoms with Gasteiger partial charge in [0.15, 0.2) is 0 Å². The van der Waals surface area contributed by atoms with Crippen molar-refractivity contribution >= 4 is 68.9 Å². The van der Waals surface area contributed by atoms with Crippen molar-refractivity contribution in [2.24, 2.45) is 4.99 Å². The summed E-state index contributed by atoms with van der Waals surface area (Å²) in [5.41, 5.74) is 12.5. The fraction of sp³-hybridized carbons (Fsp3) is 0.0200. The molecule has 0 saturated heterocycles. The van der Waals surface area contributed by atoms with E-state index in [2.05, 4.69) is 124 Å². The van der Waals surface area contributed by atoms with Crippen molar-refractivity contribution in [3.8, 4) is 27.9 Å². The zero-order valence-corrected chi connectivity index (χ0v) is 32.6. The first kappa shape index (κ1) is 37.2. The predicted molar refractivity (Wildman–Crippen MR) is 245 cm³/mol. The molecule has 8 aromatic carbocycles. The Labute approximate surface area is 347 Å². The van der Waals surface area contributed by atoms with Crippen LogP contribution in [-0.4, -0.2) is 33.7 Å². The highest BCUT2D eigenvalue weighted by atomic mass is 16.6. The molecule has 1 heterocycles. The van der Waals surface area contributed by atoms with Gasteiger partial charge in [-0.3, -0.25) is 15.1 Å². The van der Waals surface area contributed by atoms with Gasteiger partial charge in [0.25, 0.3) is 5.69 Å². The van der Waals surface area contributed by atoms with Crippen LogP contribution in [0.5, 0.6) is 0 Å². The number of nitrogens with zero attached hydrogens (tertiary/aromatic N) is 7. The summed E-state index contributed by atoms with van der Waals surface area (Å²) in [7, 11) is 1.87. The minimum Gasteiger partial charge on any atom is -0.386 e. The van der Waals surface area contributed by atoms with Gasteiger partial charge in [0.05, 0.1) is 22.0 Å². The number of nitro benzene ring substituents is 1. The summed E-state index contributed by atoms with van der Waals surface area (Å²) < 4.78 is 0. The Balaban J connectivity index is 1.22. The first-order chi connectivity index (χ1) is 29.5. The lowest BCUT2D eigenvalue weighted by atomic mass is 9.93. The lowest BCUT2D eigenvalue weighted by Crippen LogP contribution is -2.09. The number of benzene rings is 8. The van der Waals surface area contributed by atoms with Gasteiger partial charge in [-0.15, -0.1) is 10.2 Å². The quantitative estimate of drug-likeness (QED) is 0.0747. The molecule has 0 unspecified atom stereocenters. The minimum atomic E-state index is -0.422. The molecule has 290 valence electrons. The highest BCUT2D eigenvalue weighted by Gasteiger charge is 2.26. The number of rotatable bonds is 12. The number of fused-ring (bicyclic) bond motifs is 1.